The van der Waals surface area contributed by atoms with Crippen LogP contribution in [0.1, 0.15) is 19.8 Å². The number of methoxy groups -OCH3 is 1. The monoisotopic (exact) mass is 225 g/mol. The van der Waals surface area contributed by atoms with Crippen LogP contribution in [0.3, 0.4) is 0 Å². The summed E-state index contributed by atoms with van der Waals surface area (Å²) in [6.45, 7) is 1.53. The minimum absolute atomic E-state index is 0.00775. The molecule has 15 heavy (non-hydrogen) atoms. The van der Waals surface area contributed by atoms with E-state index in [1.54, 1.807) is 0 Å². The maximum atomic E-state index is 12.5. The van der Waals surface area contributed by atoms with Gasteiger partial charge in [0, 0.05) is 6.54 Å². The van der Waals surface area contributed by atoms with E-state index in [0.29, 0.717) is 0 Å². The normalized spacial score (nSPS) is 20.9. The number of hydrogen-bond acceptors (Lipinski definition) is 3. The molecule has 88 valence electrons. The van der Waals surface area contributed by atoms with Gasteiger partial charge in [0.15, 0.2) is 0 Å². The highest BCUT2D eigenvalue weighted by molar-refractivity contribution is 5.72. The Bertz CT molecular complexity index is 248. The largest absolute Gasteiger partial charge is 0.469 e. The summed E-state index contributed by atoms with van der Waals surface area (Å²) < 4.78 is 41.8. The maximum Gasteiger partial charge on any atom is 0.406 e. The second kappa shape index (κ2) is 4.00. The number of hydrogen-bond donors (Lipinski definition) is 1. The summed E-state index contributed by atoms with van der Waals surface area (Å²) in [7, 11) is 1.22. The third kappa shape index (κ3) is 2.62. The van der Waals surface area contributed by atoms with Gasteiger partial charge in [0.05, 0.1) is 13.0 Å². The van der Waals surface area contributed by atoms with Crippen LogP contribution in [-0.2, 0) is 9.53 Å². The first-order chi connectivity index (χ1) is 6.82. The van der Waals surface area contributed by atoms with Gasteiger partial charge in [0.25, 0.3) is 0 Å². The van der Waals surface area contributed by atoms with Crippen molar-refractivity contribution < 1.29 is 22.7 Å². The summed E-state index contributed by atoms with van der Waals surface area (Å²) in [6.07, 6.45) is -4.06. The number of ether oxygens (including phenoxy) is 1. The lowest BCUT2D eigenvalue weighted by molar-refractivity contribution is -0.167. The summed E-state index contributed by atoms with van der Waals surface area (Å²) in [5, 5.41) is 2.40. The summed E-state index contributed by atoms with van der Waals surface area (Å²) in [4.78, 5) is 11.0. The Morgan fingerprint density at radius 2 is 2.07 bits per heavy atom. The average Bonchev–Trinajstić information content (AvgIpc) is 2.92. The van der Waals surface area contributed by atoms with Gasteiger partial charge in [0.2, 0.25) is 0 Å². The van der Waals surface area contributed by atoms with Gasteiger partial charge in [-0.3, -0.25) is 4.79 Å². The van der Waals surface area contributed by atoms with Crippen molar-refractivity contribution in [3.05, 3.63) is 0 Å². The quantitative estimate of drug-likeness (QED) is 0.736. The van der Waals surface area contributed by atoms with Crippen LogP contribution < -0.4 is 5.32 Å². The van der Waals surface area contributed by atoms with Gasteiger partial charge < -0.3 is 10.1 Å². The Balaban J connectivity index is 2.41. The highest BCUT2D eigenvalue weighted by Gasteiger charge is 2.63. The molecule has 1 rings (SSSR count). The predicted octanol–water partition coefficient (Wildman–Crippen LogP) is 1.48. The molecule has 0 heterocycles. The van der Waals surface area contributed by atoms with E-state index in [2.05, 4.69) is 10.1 Å². The van der Waals surface area contributed by atoms with Crippen LogP contribution in [0.4, 0.5) is 13.2 Å². The minimum atomic E-state index is -4.23. The second-order valence-electron chi connectivity index (χ2n) is 3.88. The Labute approximate surface area is 86.0 Å². The molecule has 1 unspecified atom stereocenters. The lowest BCUT2D eigenvalue weighted by Crippen LogP contribution is -2.47. The summed E-state index contributed by atoms with van der Waals surface area (Å²) in [6, 6.07) is 0. The summed E-state index contributed by atoms with van der Waals surface area (Å²) >= 11 is 0. The first-order valence-electron chi connectivity index (χ1n) is 4.72. The van der Waals surface area contributed by atoms with Crippen molar-refractivity contribution in [1.29, 1.82) is 0 Å². The SMILES string of the molecule is COC(=O)C(C)CNC1(C(F)(F)F)CC1. The fourth-order valence-electron chi connectivity index (χ4n) is 1.32. The molecule has 0 spiro atoms. The van der Waals surface area contributed by atoms with E-state index >= 15 is 0 Å². The molecule has 0 bridgehead atoms. The van der Waals surface area contributed by atoms with Gasteiger partial charge >= 0.3 is 12.1 Å². The lowest BCUT2D eigenvalue weighted by atomic mass is 10.1. The van der Waals surface area contributed by atoms with Gasteiger partial charge in [-0.2, -0.15) is 13.2 Å². The molecule has 0 aromatic heterocycles. The molecule has 0 aliphatic heterocycles. The molecule has 0 aromatic rings. The van der Waals surface area contributed by atoms with E-state index in [-0.39, 0.29) is 19.4 Å². The predicted molar refractivity (Wildman–Crippen MR) is 47.2 cm³/mol. The molecular formula is C9H14F3NO2. The molecule has 1 aliphatic rings. The standard InChI is InChI=1S/C9H14F3NO2/c1-6(7(14)15-2)5-13-8(3-4-8)9(10,11)12/h6,13H,3-5H2,1-2H3. The van der Waals surface area contributed by atoms with E-state index < -0.39 is 23.6 Å². The first-order valence-corrected chi connectivity index (χ1v) is 4.72. The van der Waals surface area contributed by atoms with Crippen LogP contribution >= 0.6 is 0 Å². The third-order valence-electron chi connectivity index (χ3n) is 2.64. The molecular weight excluding hydrogens is 211 g/mol. The number of esters is 1. The number of nitrogens with one attached hydrogen (secondary N) is 1. The zero-order valence-corrected chi connectivity index (χ0v) is 8.65. The highest BCUT2D eigenvalue weighted by Crippen LogP contribution is 2.48. The summed E-state index contributed by atoms with van der Waals surface area (Å²) in [5.74, 6) is -1.06. The van der Waals surface area contributed by atoms with Crippen LogP contribution in [0.15, 0.2) is 0 Å². The van der Waals surface area contributed by atoms with Crippen molar-refractivity contribution in [2.45, 2.75) is 31.5 Å². The van der Waals surface area contributed by atoms with Crippen molar-refractivity contribution in [2.24, 2.45) is 5.92 Å². The lowest BCUT2D eigenvalue weighted by Gasteiger charge is -2.22. The van der Waals surface area contributed by atoms with Gasteiger partial charge in [-0.05, 0) is 12.8 Å². The Hall–Kier alpha value is -0.780. The molecule has 1 N–H and O–H groups in total. The molecule has 1 atom stereocenters. The fourth-order valence-corrected chi connectivity index (χ4v) is 1.32. The number of carbonyl (C=O) groups excluding carboxylic acids is 1. The molecule has 0 radical (unpaired) electrons. The van der Waals surface area contributed by atoms with E-state index in [4.69, 9.17) is 0 Å². The van der Waals surface area contributed by atoms with Crippen molar-refractivity contribution in [3.8, 4) is 0 Å². The Kier molecular flexibility index (Phi) is 3.28. The third-order valence-corrected chi connectivity index (χ3v) is 2.64. The number of rotatable bonds is 4. The van der Waals surface area contributed by atoms with Crippen LogP contribution in [0.5, 0.6) is 0 Å². The van der Waals surface area contributed by atoms with Crippen LogP contribution in [0.25, 0.3) is 0 Å². The van der Waals surface area contributed by atoms with Crippen LogP contribution in [-0.4, -0.2) is 31.3 Å². The van der Waals surface area contributed by atoms with Gasteiger partial charge in [-0.15, -0.1) is 0 Å². The van der Waals surface area contributed by atoms with E-state index in [1.165, 1.54) is 14.0 Å². The number of halogens is 3. The average molecular weight is 225 g/mol. The molecule has 0 amide bonds. The van der Waals surface area contributed by atoms with Crippen molar-refractivity contribution in [1.82, 2.24) is 5.32 Å². The molecule has 1 aliphatic carbocycles. The van der Waals surface area contributed by atoms with Crippen molar-refractivity contribution in [2.75, 3.05) is 13.7 Å². The van der Waals surface area contributed by atoms with E-state index in [9.17, 15) is 18.0 Å². The minimum Gasteiger partial charge on any atom is -0.469 e. The molecule has 1 fully saturated rings. The molecule has 3 nitrogen and oxygen atoms in total. The van der Waals surface area contributed by atoms with Gasteiger partial charge in [-0.1, -0.05) is 6.92 Å². The molecule has 0 saturated heterocycles. The highest BCUT2D eigenvalue weighted by atomic mass is 19.4. The molecule has 6 heteroatoms. The zero-order valence-electron chi connectivity index (χ0n) is 8.65. The van der Waals surface area contributed by atoms with E-state index in [0.717, 1.165) is 0 Å². The number of carbonyl (C=O) groups is 1. The van der Waals surface area contributed by atoms with Crippen molar-refractivity contribution >= 4 is 5.97 Å². The van der Waals surface area contributed by atoms with Crippen molar-refractivity contribution in [3.63, 3.8) is 0 Å². The maximum absolute atomic E-state index is 12.5. The number of alkyl halides is 3. The van der Waals surface area contributed by atoms with Gasteiger partial charge in [0.1, 0.15) is 5.54 Å². The first kappa shape index (κ1) is 12.3. The fraction of sp³-hybridized carbons (Fsp3) is 0.889. The Morgan fingerprint density at radius 3 is 2.40 bits per heavy atom. The van der Waals surface area contributed by atoms with Crippen LogP contribution in [0, 0.1) is 5.92 Å². The molecule has 1 saturated carbocycles. The van der Waals surface area contributed by atoms with Gasteiger partial charge in [-0.25, -0.2) is 0 Å². The second-order valence-corrected chi connectivity index (χ2v) is 3.88. The molecule has 0 aromatic carbocycles. The smallest absolute Gasteiger partial charge is 0.406 e. The Morgan fingerprint density at radius 1 is 1.53 bits per heavy atom. The zero-order chi connectivity index (χ0) is 11.7. The van der Waals surface area contributed by atoms with Crippen LogP contribution in [0.2, 0.25) is 0 Å². The topological polar surface area (TPSA) is 38.3 Å². The summed E-state index contributed by atoms with van der Waals surface area (Å²) in [5.41, 5.74) is -1.75. The van der Waals surface area contributed by atoms with E-state index in [1.807, 2.05) is 0 Å².